The van der Waals surface area contributed by atoms with Crippen molar-refractivity contribution in [3.05, 3.63) is 47.5 Å². The molecular formula is C21H29FN4O2. The van der Waals surface area contributed by atoms with Gasteiger partial charge in [-0.3, -0.25) is 9.69 Å². The lowest BCUT2D eigenvalue weighted by Crippen LogP contribution is -2.58. The van der Waals surface area contributed by atoms with E-state index >= 15 is 0 Å². The minimum absolute atomic E-state index is 0.159. The second-order valence-electron chi connectivity index (χ2n) is 8.19. The lowest BCUT2D eigenvalue weighted by molar-refractivity contribution is -0.0948. The molecule has 28 heavy (non-hydrogen) atoms. The van der Waals surface area contributed by atoms with E-state index in [0.29, 0.717) is 12.1 Å². The molecule has 1 aliphatic heterocycles. The van der Waals surface area contributed by atoms with Crippen LogP contribution < -0.4 is 5.32 Å². The van der Waals surface area contributed by atoms with Crippen LogP contribution in [0.5, 0.6) is 0 Å². The zero-order valence-corrected chi connectivity index (χ0v) is 17.2. The maximum Gasteiger partial charge on any atom is 0.254 e. The van der Waals surface area contributed by atoms with Crippen LogP contribution in [0.2, 0.25) is 0 Å². The Bertz CT molecular complexity index is 821. The average molecular weight is 388 g/mol. The number of benzene rings is 1. The summed E-state index contributed by atoms with van der Waals surface area (Å²) in [6.07, 6.45) is 1.91. The zero-order chi connectivity index (χ0) is 20.5. The molecule has 0 bridgehead atoms. The highest BCUT2D eigenvalue weighted by atomic mass is 19.1. The predicted molar refractivity (Wildman–Crippen MR) is 106 cm³/mol. The van der Waals surface area contributed by atoms with E-state index in [9.17, 15) is 9.18 Å². The summed E-state index contributed by atoms with van der Waals surface area (Å²) in [4.78, 5) is 15.1. The summed E-state index contributed by atoms with van der Waals surface area (Å²) >= 11 is 0. The third-order valence-corrected chi connectivity index (χ3v) is 5.28. The Hall–Kier alpha value is -2.25. The number of rotatable bonds is 5. The van der Waals surface area contributed by atoms with Crippen LogP contribution in [0, 0.1) is 12.7 Å². The van der Waals surface area contributed by atoms with Crippen molar-refractivity contribution in [2.24, 2.45) is 0 Å². The van der Waals surface area contributed by atoms with Gasteiger partial charge >= 0.3 is 0 Å². The van der Waals surface area contributed by atoms with Crippen molar-refractivity contribution >= 4 is 5.91 Å². The number of nitrogens with one attached hydrogen (secondary N) is 1. The van der Waals surface area contributed by atoms with Crippen molar-refractivity contribution in [3.8, 4) is 5.69 Å². The fraction of sp³-hybridized carbons (Fsp3) is 0.524. The molecule has 1 aliphatic rings. The molecule has 152 valence electrons. The first-order valence-corrected chi connectivity index (χ1v) is 9.66. The Kier molecular flexibility index (Phi) is 5.86. The number of nitrogens with zero attached hydrogens (tertiary/aromatic N) is 3. The van der Waals surface area contributed by atoms with E-state index in [4.69, 9.17) is 4.74 Å². The van der Waals surface area contributed by atoms with Crippen molar-refractivity contribution < 1.29 is 13.9 Å². The van der Waals surface area contributed by atoms with Gasteiger partial charge in [0.15, 0.2) is 0 Å². The van der Waals surface area contributed by atoms with Crippen molar-refractivity contribution in [2.45, 2.75) is 52.4 Å². The maximum atomic E-state index is 13.1. The second-order valence-corrected chi connectivity index (χ2v) is 8.19. The standard InChI is InChI=1S/C21H29FN4O2/c1-14-11-25(12-15(2)28-14)21(4,5)13-23-20(27)19-10-24-26(16(19)3)18-8-6-17(22)7-9-18/h6-10,14-15H,11-13H2,1-5H3,(H,23,27)/t14-,15+. The highest BCUT2D eigenvalue weighted by Gasteiger charge is 2.33. The van der Waals surface area contributed by atoms with Crippen LogP contribution in [-0.2, 0) is 4.74 Å². The Balaban J connectivity index is 1.67. The van der Waals surface area contributed by atoms with E-state index in [1.807, 2.05) is 6.92 Å². The monoisotopic (exact) mass is 388 g/mol. The van der Waals surface area contributed by atoms with Gasteiger partial charge in [-0.1, -0.05) is 0 Å². The Morgan fingerprint density at radius 1 is 1.25 bits per heavy atom. The van der Waals surface area contributed by atoms with Crippen LogP contribution in [0.15, 0.2) is 30.5 Å². The fourth-order valence-electron chi connectivity index (χ4n) is 3.65. The summed E-state index contributed by atoms with van der Waals surface area (Å²) in [5.74, 6) is -0.464. The molecule has 1 aromatic heterocycles. The van der Waals surface area contributed by atoms with Crippen molar-refractivity contribution in [1.82, 2.24) is 20.0 Å². The van der Waals surface area contributed by atoms with E-state index in [-0.39, 0.29) is 29.5 Å². The molecule has 1 fully saturated rings. The Labute approximate surface area is 165 Å². The van der Waals surface area contributed by atoms with Crippen LogP contribution in [0.3, 0.4) is 0 Å². The number of carbonyl (C=O) groups excluding carboxylic acids is 1. The zero-order valence-electron chi connectivity index (χ0n) is 17.2. The van der Waals surface area contributed by atoms with E-state index < -0.39 is 0 Å². The van der Waals surface area contributed by atoms with Gasteiger partial charge in [0.2, 0.25) is 0 Å². The van der Waals surface area contributed by atoms with Crippen molar-refractivity contribution in [3.63, 3.8) is 0 Å². The van der Waals surface area contributed by atoms with Crippen LogP contribution in [0.4, 0.5) is 4.39 Å². The summed E-state index contributed by atoms with van der Waals surface area (Å²) in [7, 11) is 0. The minimum atomic E-state index is -0.305. The highest BCUT2D eigenvalue weighted by molar-refractivity contribution is 5.95. The first-order chi connectivity index (χ1) is 13.2. The number of amides is 1. The predicted octanol–water partition coefficient (Wildman–Crippen LogP) is 2.94. The van der Waals surface area contributed by atoms with Crippen LogP contribution >= 0.6 is 0 Å². The number of ether oxygens (including phenoxy) is 1. The largest absolute Gasteiger partial charge is 0.373 e. The molecule has 0 spiro atoms. The normalized spacial score (nSPS) is 20.9. The van der Waals surface area contributed by atoms with Gasteiger partial charge in [-0.15, -0.1) is 0 Å². The van der Waals surface area contributed by atoms with Crippen LogP contribution in [0.1, 0.15) is 43.7 Å². The molecule has 6 nitrogen and oxygen atoms in total. The molecule has 1 saturated heterocycles. The third kappa shape index (κ3) is 4.42. The minimum Gasteiger partial charge on any atom is -0.373 e. The van der Waals surface area contributed by atoms with Gasteiger partial charge in [-0.25, -0.2) is 9.07 Å². The van der Waals surface area contributed by atoms with Gasteiger partial charge in [-0.05, 0) is 58.9 Å². The van der Waals surface area contributed by atoms with Gasteiger partial charge < -0.3 is 10.1 Å². The van der Waals surface area contributed by atoms with Gasteiger partial charge in [0.05, 0.1) is 35.3 Å². The number of hydrogen-bond donors (Lipinski definition) is 1. The molecule has 0 aliphatic carbocycles. The summed E-state index contributed by atoms with van der Waals surface area (Å²) in [5, 5.41) is 7.34. The average Bonchev–Trinajstić information content (AvgIpc) is 3.01. The van der Waals surface area contributed by atoms with Crippen LogP contribution in [-0.4, -0.2) is 58.0 Å². The molecule has 7 heteroatoms. The molecule has 2 atom stereocenters. The first kappa shape index (κ1) is 20.5. The van der Waals surface area contributed by atoms with Crippen molar-refractivity contribution in [2.75, 3.05) is 19.6 Å². The summed E-state index contributed by atoms with van der Waals surface area (Å²) in [6, 6.07) is 6.04. The Morgan fingerprint density at radius 3 is 2.46 bits per heavy atom. The summed E-state index contributed by atoms with van der Waals surface area (Å²) in [5.41, 5.74) is 1.76. The van der Waals surface area contributed by atoms with Gasteiger partial charge in [0.1, 0.15) is 5.82 Å². The molecule has 2 aromatic rings. The molecule has 3 rings (SSSR count). The number of morpholine rings is 1. The van der Waals surface area contributed by atoms with E-state index in [2.05, 4.69) is 43.0 Å². The van der Waals surface area contributed by atoms with E-state index in [1.165, 1.54) is 12.1 Å². The number of carbonyl (C=O) groups is 1. The van der Waals surface area contributed by atoms with Gasteiger partial charge in [0.25, 0.3) is 5.91 Å². The molecule has 1 amide bonds. The van der Waals surface area contributed by atoms with Gasteiger partial charge in [-0.2, -0.15) is 5.10 Å². The number of aromatic nitrogens is 2. The maximum absolute atomic E-state index is 13.1. The smallest absolute Gasteiger partial charge is 0.254 e. The van der Waals surface area contributed by atoms with Crippen molar-refractivity contribution in [1.29, 1.82) is 0 Å². The SMILES string of the molecule is Cc1c(C(=O)NCC(C)(C)N2C[C@@H](C)O[C@@H](C)C2)cnn1-c1ccc(F)cc1. The highest BCUT2D eigenvalue weighted by Crippen LogP contribution is 2.21. The Morgan fingerprint density at radius 2 is 1.86 bits per heavy atom. The lowest BCUT2D eigenvalue weighted by atomic mass is 10.00. The second kappa shape index (κ2) is 8.01. The number of hydrogen-bond acceptors (Lipinski definition) is 4. The van der Waals surface area contributed by atoms with Gasteiger partial charge in [0, 0.05) is 25.2 Å². The summed E-state index contributed by atoms with van der Waals surface area (Å²) in [6.45, 7) is 12.5. The molecule has 1 N–H and O–H groups in total. The third-order valence-electron chi connectivity index (χ3n) is 5.28. The molecule has 0 unspecified atom stereocenters. The molecule has 0 radical (unpaired) electrons. The fourth-order valence-corrected chi connectivity index (χ4v) is 3.65. The molecule has 0 saturated carbocycles. The topological polar surface area (TPSA) is 59.4 Å². The van der Waals surface area contributed by atoms with E-state index in [1.54, 1.807) is 23.0 Å². The molecule has 1 aromatic carbocycles. The van der Waals surface area contributed by atoms with Crippen LogP contribution in [0.25, 0.3) is 5.69 Å². The molecule has 2 heterocycles. The molecular weight excluding hydrogens is 359 g/mol. The summed E-state index contributed by atoms with van der Waals surface area (Å²) < 4.78 is 20.6. The number of halogens is 1. The van der Waals surface area contributed by atoms with E-state index in [0.717, 1.165) is 24.5 Å². The quantitative estimate of drug-likeness (QED) is 0.856. The lowest BCUT2D eigenvalue weighted by Gasteiger charge is -2.45. The first-order valence-electron chi connectivity index (χ1n) is 9.66.